The molecule has 3 rings (SSSR count). The Morgan fingerprint density at radius 3 is 1.54 bits per heavy atom. The molecule has 24 heavy (non-hydrogen) atoms. The van der Waals surface area contributed by atoms with Gasteiger partial charge in [-0.05, 0) is 29.1 Å². The molecule has 0 amide bonds. The third-order valence-corrected chi connectivity index (χ3v) is 8.18. The molecule has 0 heterocycles. The van der Waals surface area contributed by atoms with Crippen LogP contribution in [-0.4, -0.2) is 8.32 Å². The van der Waals surface area contributed by atoms with E-state index in [2.05, 4.69) is 30.8 Å². The topological polar surface area (TPSA) is 9.23 Å². The Hall–Kier alpha value is -1.45. The number of rotatable bonds is 4. The van der Waals surface area contributed by atoms with Crippen LogP contribution in [0.5, 0.6) is 5.75 Å². The van der Waals surface area contributed by atoms with E-state index in [9.17, 15) is 0 Å². The van der Waals surface area contributed by atoms with E-state index in [0.717, 1.165) is 10.4 Å². The third-order valence-electron chi connectivity index (χ3n) is 3.92. The van der Waals surface area contributed by atoms with Gasteiger partial charge in [0.1, 0.15) is 5.75 Å². The molecule has 3 aromatic rings. The molecule has 0 bridgehead atoms. The standard InChI is InChI=1S/C19H15Cl3OSi/c1-24(15-8-4-2-5-9-15,16-10-6-3-7-11-16)23-19-17(21)12-14(20)13-18(19)22/h2-13H,1H3. The highest BCUT2D eigenvalue weighted by Gasteiger charge is 2.37. The van der Waals surface area contributed by atoms with Gasteiger partial charge in [-0.2, -0.15) is 0 Å². The lowest BCUT2D eigenvalue weighted by molar-refractivity contribution is 0.571. The summed E-state index contributed by atoms with van der Waals surface area (Å²) in [6, 6.07) is 23.6. The summed E-state index contributed by atoms with van der Waals surface area (Å²) in [4.78, 5) is 0. The molecule has 0 unspecified atom stereocenters. The van der Waals surface area contributed by atoms with Gasteiger partial charge in [0.05, 0.1) is 10.0 Å². The van der Waals surface area contributed by atoms with Crippen LogP contribution in [0.1, 0.15) is 0 Å². The zero-order chi connectivity index (χ0) is 17.2. The summed E-state index contributed by atoms with van der Waals surface area (Å²) in [6.45, 7) is 2.14. The molecule has 0 N–H and O–H groups in total. The van der Waals surface area contributed by atoms with Gasteiger partial charge < -0.3 is 4.43 Å². The predicted octanol–water partition coefficient (Wildman–Crippen LogP) is 5.42. The van der Waals surface area contributed by atoms with Crippen molar-refractivity contribution in [3.8, 4) is 5.75 Å². The van der Waals surface area contributed by atoms with Crippen molar-refractivity contribution >= 4 is 53.5 Å². The van der Waals surface area contributed by atoms with Crippen molar-refractivity contribution in [2.75, 3.05) is 0 Å². The van der Waals surface area contributed by atoms with Crippen molar-refractivity contribution in [1.82, 2.24) is 0 Å². The van der Waals surface area contributed by atoms with Crippen molar-refractivity contribution < 1.29 is 4.43 Å². The molecule has 0 saturated carbocycles. The molecule has 0 aliphatic heterocycles. The molecule has 1 nitrogen and oxygen atoms in total. The maximum absolute atomic E-state index is 6.51. The lowest BCUT2D eigenvalue weighted by atomic mass is 10.3. The van der Waals surface area contributed by atoms with Gasteiger partial charge in [0.25, 0.3) is 0 Å². The lowest BCUT2D eigenvalue weighted by Crippen LogP contribution is -2.60. The molecule has 0 atom stereocenters. The first kappa shape index (κ1) is 17.4. The van der Waals surface area contributed by atoms with E-state index in [0.29, 0.717) is 20.8 Å². The molecule has 122 valence electrons. The van der Waals surface area contributed by atoms with Gasteiger partial charge in [-0.3, -0.25) is 0 Å². The maximum atomic E-state index is 6.51. The van der Waals surface area contributed by atoms with E-state index in [1.807, 2.05) is 36.4 Å². The molecule has 3 aromatic carbocycles. The molecular formula is C19H15Cl3OSi. The van der Waals surface area contributed by atoms with Crippen molar-refractivity contribution in [3.05, 3.63) is 87.9 Å². The number of benzene rings is 3. The zero-order valence-corrected chi connectivity index (χ0v) is 16.2. The van der Waals surface area contributed by atoms with E-state index >= 15 is 0 Å². The van der Waals surface area contributed by atoms with Crippen LogP contribution < -0.4 is 14.8 Å². The first-order chi connectivity index (χ1) is 11.5. The highest BCUT2D eigenvalue weighted by molar-refractivity contribution is 6.97. The van der Waals surface area contributed by atoms with Gasteiger partial charge in [0, 0.05) is 5.02 Å². The fraction of sp³-hybridized carbons (Fsp3) is 0.0526. The van der Waals surface area contributed by atoms with E-state index < -0.39 is 8.32 Å². The van der Waals surface area contributed by atoms with Gasteiger partial charge in [-0.15, -0.1) is 0 Å². The van der Waals surface area contributed by atoms with E-state index in [1.165, 1.54) is 0 Å². The first-order valence-electron chi connectivity index (χ1n) is 7.45. The summed E-state index contributed by atoms with van der Waals surface area (Å²) < 4.78 is 6.51. The molecule has 0 radical (unpaired) electrons. The maximum Gasteiger partial charge on any atom is 0.311 e. The third kappa shape index (κ3) is 3.47. The van der Waals surface area contributed by atoms with Crippen LogP contribution >= 0.6 is 34.8 Å². The molecule has 0 fully saturated rings. The van der Waals surface area contributed by atoms with E-state index in [-0.39, 0.29) is 0 Å². The van der Waals surface area contributed by atoms with Crippen molar-refractivity contribution in [3.63, 3.8) is 0 Å². The SMILES string of the molecule is C[Si](Oc1c(Cl)cc(Cl)cc1Cl)(c1ccccc1)c1ccccc1. The quantitative estimate of drug-likeness (QED) is 0.538. The first-order valence-corrected chi connectivity index (χ1v) is 11.0. The Bertz CT molecular complexity index is 775. The fourth-order valence-corrected chi connectivity index (χ4v) is 6.51. The summed E-state index contributed by atoms with van der Waals surface area (Å²) in [5, 5.41) is 3.59. The Labute approximate surface area is 157 Å². The Morgan fingerprint density at radius 2 is 1.12 bits per heavy atom. The van der Waals surface area contributed by atoms with Crippen LogP contribution in [0.15, 0.2) is 72.8 Å². The van der Waals surface area contributed by atoms with Crippen LogP contribution in [0.25, 0.3) is 0 Å². The van der Waals surface area contributed by atoms with Crippen LogP contribution in [0.2, 0.25) is 21.6 Å². The van der Waals surface area contributed by atoms with Crippen LogP contribution in [-0.2, 0) is 0 Å². The number of halogens is 3. The highest BCUT2D eigenvalue weighted by Crippen LogP contribution is 2.37. The monoisotopic (exact) mass is 392 g/mol. The average molecular weight is 394 g/mol. The van der Waals surface area contributed by atoms with E-state index in [4.69, 9.17) is 39.2 Å². The second-order valence-corrected chi connectivity index (χ2v) is 10.2. The van der Waals surface area contributed by atoms with Crippen LogP contribution in [0, 0.1) is 0 Å². The molecule has 0 spiro atoms. The molecule has 0 saturated heterocycles. The van der Waals surface area contributed by atoms with Crippen LogP contribution in [0.3, 0.4) is 0 Å². The Balaban J connectivity index is 2.14. The van der Waals surface area contributed by atoms with Crippen LogP contribution in [0.4, 0.5) is 0 Å². The predicted molar refractivity (Wildman–Crippen MR) is 106 cm³/mol. The molecular weight excluding hydrogens is 379 g/mol. The second kappa shape index (κ2) is 7.20. The summed E-state index contributed by atoms with van der Waals surface area (Å²) in [5.74, 6) is 0.476. The summed E-state index contributed by atoms with van der Waals surface area (Å²) in [6.07, 6.45) is 0. The summed E-state index contributed by atoms with van der Waals surface area (Å²) in [7, 11) is -2.53. The number of hydrogen-bond donors (Lipinski definition) is 0. The smallest absolute Gasteiger partial charge is 0.311 e. The largest absolute Gasteiger partial charge is 0.533 e. The minimum absolute atomic E-state index is 0.415. The molecule has 0 aliphatic carbocycles. The van der Waals surface area contributed by atoms with Crippen molar-refractivity contribution in [1.29, 1.82) is 0 Å². The van der Waals surface area contributed by atoms with Gasteiger partial charge >= 0.3 is 8.32 Å². The van der Waals surface area contributed by atoms with Gasteiger partial charge in [0.15, 0.2) is 0 Å². The fourth-order valence-electron chi connectivity index (χ4n) is 2.63. The number of hydrogen-bond acceptors (Lipinski definition) is 1. The second-order valence-electron chi connectivity index (χ2n) is 5.57. The highest BCUT2D eigenvalue weighted by atomic mass is 35.5. The summed E-state index contributed by atoms with van der Waals surface area (Å²) in [5.41, 5.74) is 0. The Morgan fingerprint density at radius 1 is 0.708 bits per heavy atom. The molecule has 0 aromatic heterocycles. The lowest BCUT2D eigenvalue weighted by Gasteiger charge is -2.30. The van der Waals surface area contributed by atoms with Gasteiger partial charge in [0.2, 0.25) is 0 Å². The zero-order valence-electron chi connectivity index (χ0n) is 13.0. The molecule has 0 aliphatic rings. The Kier molecular flexibility index (Phi) is 5.21. The minimum Gasteiger partial charge on any atom is -0.533 e. The van der Waals surface area contributed by atoms with Crippen molar-refractivity contribution in [2.24, 2.45) is 0 Å². The van der Waals surface area contributed by atoms with Crippen molar-refractivity contribution in [2.45, 2.75) is 6.55 Å². The average Bonchev–Trinajstić information content (AvgIpc) is 2.59. The van der Waals surface area contributed by atoms with Gasteiger partial charge in [-0.25, -0.2) is 0 Å². The molecule has 5 heteroatoms. The summed E-state index contributed by atoms with van der Waals surface area (Å²) >= 11 is 18.7. The van der Waals surface area contributed by atoms with Gasteiger partial charge in [-0.1, -0.05) is 95.5 Å². The normalized spacial score (nSPS) is 11.3. The minimum atomic E-state index is -2.53. The van der Waals surface area contributed by atoms with E-state index in [1.54, 1.807) is 12.1 Å².